The van der Waals surface area contributed by atoms with Gasteiger partial charge in [-0.15, -0.1) is 0 Å². The van der Waals surface area contributed by atoms with Crippen LogP contribution in [0.25, 0.3) is 10.8 Å². The minimum atomic E-state index is -4.99. The molecule has 1 unspecified atom stereocenters. The van der Waals surface area contributed by atoms with Crippen molar-refractivity contribution in [2.75, 3.05) is 6.54 Å². The van der Waals surface area contributed by atoms with E-state index in [2.05, 4.69) is 15.6 Å². The van der Waals surface area contributed by atoms with Gasteiger partial charge < -0.3 is 15.0 Å². The molecule has 1 atom stereocenters. The first-order chi connectivity index (χ1) is 20.9. The van der Waals surface area contributed by atoms with Crippen molar-refractivity contribution in [2.45, 2.75) is 24.8 Å². The molecule has 1 aliphatic rings. The number of hydrogen-bond donors (Lipinski definition) is 1. The molecular weight excluding hydrogens is 635 g/mol. The number of nitrogens with zero attached hydrogens (tertiary/aromatic N) is 2. The molecule has 0 fully saturated rings. The number of halogens is 8. The van der Waals surface area contributed by atoms with Gasteiger partial charge in [-0.3, -0.25) is 4.79 Å². The minimum absolute atomic E-state index is 0.0658. The number of fused-ring (bicyclic) bond motifs is 1. The summed E-state index contributed by atoms with van der Waals surface area (Å²) in [7, 11) is 0. The Bertz CT molecular complexity index is 1790. The van der Waals surface area contributed by atoms with Gasteiger partial charge in [0, 0.05) is 34.7 Å². The van der Waals surface area contributed by atoms with Crippen molar-refractivity contribution in [1.29, 1.82) is 0 Å². The fourth-order valence-corrected chi connectivity index (χ4v) is 5.14. The Balaban J connectivity index is 1.33. The van der Waals surface area contributed by atoms with Crippen LogP contribution in [0.2, 0.25) is 10.0 Å². The number of amides is 1. The van der Waals surface area contributed by atoms with Crippen LogP contribution in [0, 0.1) is 17.5 Å². The average Bonchev–Trinajstić information content (AvgIpc) is 3.45. The van der Waals surface area contributed by atoms with Gasteiger partial charge in [-0.2, -0.15) is 13.2 Å². The highest BCUT2D eigenvalue weighted by atomic mass is 35.5. The van der Waals surface area contributed by atoms with E-state index >= 15 is 0 Å². The summed E-state index contributed by atoms with van der Waals surface area (Å²) >= 11 is 11.6. The predicted molar refractivity (Wildman–Crippen MR) is 152 cm³/mol. The van der Waals surface area contributed by atoms with Gasteiger partial charge in [0.05, 0.1) is 28.5 Å². The Morgan fingerprint density at radius 3 is 2.41 bits per heavy atom. The fourth-order valence-electron chi connectivity index (χ4n) is 4.65. The molecule has 0 radical (unpaired) electrons. The number of benzene rings is 4. The number of oxime groups is 2. The Morgan fingerprint density at radius 1 is 1.02 bits per heavy atom. The molecule has 4 aromatic rings. The number of carbonyl (C=O) groups is 1. The minimum Gasteiger partial charge on any atom is -0.391 e. The largest absolute Gasteiger partial charge is 0.435 e. The van der Waals surface area contributed by atoms with Crippen LogP contribution in [0.3, 0.4) is 0 Å². The molecule has 44 heavy (non-hydrogen) atoms. The monoisotopic (exact) mass is 653 g/mol. The van der Waals surface area contributed by atoms with Crippen molar-refractivity contribution in [1.82, 2.24) is 5.32 Å². The fraction of sp³-hybridized carbons (Fsp3) is 0.167. The average molecular weight is 654 g/mol. The van der Waals surface area contributed by atoms with Gasteiger partial charge in [-0.05, 0) is 41.1 Å². The maximum atomic E-state index is 14.5. The summed E-state index contributed by atoms with van der Waals surface area (Å²) < 4.78 is 84.1. The number of hydrogen-bond acceptors (Lipinski definition) is 5. The highest BCUT2D eigenvalue weighted by Crippen LogP contribution is 2.50. The summed E-state index contributed by atoms with van der Waals surface area (Å²) in [4.78, 5) is 23.0. The SMILES string of the molecule is O=C(NCC=NOCc1ccc(F)cc1F)c1ccc(C2=NOC(c3cc(Cl)c(F)c(Cl)c3)(C(F)(F)F)C2)c2ccccc12. The Morgan fingerprint density at radius 2 is 1.73 bits per heavy atom. The lowest BCUT2D eigenvalue weighted by Gasteiger charge is -2.29. The van der Waals surface area contributed by atoms with Gasteiger partial charge in [-0.25, -0.2) is 13.2 Å². The van der Waals surface area contributed by atoms with E-state index in [-0.39, 0.29) is 35.6 Å². The highest BCUT2D eigenvalue weighted by molar-refractivity contribution is 6.35. The maximum Gasteiger partial charge on any atom is 0.435 e. The van der Waals surface area contributed by atoms with Crippen molar-refractivity contribution >= 4 is 51.8 Å². The van der Waals surface area contributed by atoms with E-state index in [1.54, 1.807) is 24.3 Å². The van der Waals surface area contributed by atoms with Gasteiger partial charge in [-0.1, -0.05) is 63.8 Å². The first-order valence-electron chi connectivity index (χ1n) is 12.8. The Kier molecular flexibility index (Phi) is 8.76. The normalized spacial score (nSPS) is 16.7. The van der Waals surface area contributed by atoms with Gasteiger partial charge in [0.25, 0.3) is 11.5 Å². The van der Waals surface area contributed by atoms with E-state index in [0.717, 1.165) is 24.3 Å². The molecule has 1 heterocycles. The molecule has 1 N–H and O–H groups in total. The molecule has 4 aromatic carbocycles. The van der Waals surface area contributed by atoms with Crippen LogP contribution in [-0.4, -0.2) is 30.6 Å². The molecule has 0 bridgehead atoms. The van der Waals surface area contributed by atoms with Gasteiger partial charge in [0.15, 0.2) is 5.82 Å². The van der Waals surface area contributed by atoms with E-state index in [9.17, 15) is 31.1 Å². The van der Waals surface area contributed by atoms with Gasteiger partial charge in [0.2, 0.25) is 0 Å². The summed E-state index contributed by atoms with van der Waals surface area (Å²) in [5, 5.41) is 9.65. The molecule has 1 amide bonds. The number of carbonyl (C=O) groups excluding carboxylic acids is 1. The molecule has 6 nitrogen and oxygen atoms in total. The molecule has 5 rings (SSSR count). The summed E-state index contributed by atoms with van der Waals surface area (Å²) in [6.07, 6.45) is -4.54. The van der Waals surface area contributed by atoms with E-state index < -0.39 is 57.2 Å². The number of rotatable bonds is 8. The van der Waals surface area contributed by atoms with E-state index in [1.165, 1.54) is 24.4 Å². The zero-order valence-electron chi connectivity index (χ0n) is 22.2. The van der Waals surface area contributed by atoms with Gasteiger partial charge >= 0.3 is 6.18 Å². The summed E-state index contributed by atoms with van der Waals surface area (Å²) in [6.45, 7) is -0.328. The quantitative estimate of drug-likeness (QED) is 0.0904. The van der Waals surface area contributed by atoms with Crippen LogP contribution in [-0.2, 0) is 21.9 Å². The molecule has 0 spiro atoms. The molecular formula is C30H19Cl2F6N3O3. The third-order valence-corrected chi connectivity index (χ3v) is 7.40. The first-order valence-corrected chi connectivity index (χ1v) is 13.5. The van der Waals surface area contributed by atoms with Crippen LogP contribution in [0.15, 0.2) is 77.0 Å². The lowest BCUT2D eigenvalue weighted by Crippen LogP contribution is -2.42. The molecule has 0 saturated heterocycles. The third kappa shape index (κ3) is 6.04. The van der Waals surface area contributed by atoms with E-state index in [0.29, 0.717) is 10.8 Å². The van der Waals surface area contributed by atoms with Crippen molar-refractivity contribution in [2.24, 2.45) is 10.3 Å². The summed E-state index contributed by atoms with van der Waals surface area (Å²) in [5.74, 6) is -3.09. The van der Waals surface area contributed by atoms with Crippen molar-refractivity contribution in [3.63, 3.8) is 0 Å². The van der Waals surface area contributed by atoms with Crippen LogP contribution < -0.4 is 5.32 Å². The topological polar surface area (TPSA) is 72.3 Å². The lowest BCUT2D eigenvalue weighted by molar-refractivity contribution is -0.275. The number of nitrogens with one attached hydrogen (secondary N) is 1. The Labute approximate surface area is 255 Å². The predicted octanol–water partition coefficient (Wildman–Crippen LogP) is 8.08. The highest BCUT2D eigenvalue weighted by Gasteiger charge is 2.62. The van der Waals surface area contributed by atoms with Gasteiger partial charge in [0.1, 0.15) is 18.2 Å². The molecule has 0 aromatic heterocycles. The maximum absolute atomic E-state index is 14.5. The lowest BCUT2D eigenvalue weighted by atomic mass is 9.85. The summed E-state index contributed by atoms with van der Waals surface area (Å²) in [6, 6.07) is 14.0. The second kappa shape index (κ2) is 12.4. The molecule has 0 aliphatic carbocycles. The second-order valence-electron chi connectivity index (χ2n) is 9.60. The van der Waals surface area contributed by atoms with E-state index in [1.807, 2.05) is 0 Å². The van der Waals surface area contributed by atoms with Crippen LogP contribution in [0.4, 0.5) is 26.3 Å². The van der Waals surface area contributed by atoms with Crippen LogP contribution in [0.5, 0.6) is 0 Å². The molecule has 14 heteroatoms. The molecule has 1 aliphatic heterocycles. The van der Waals surface area contributed by atoms with Crippen molar-refractivity contribution in [3.05, 3.63) is 116 Å². The zero-order valence-corrected chi connectivity index (χ0v) is 23.7. The smallest absolute Gasteiger partial charge is 0.391 e. The van der Waals surface area contributed by atoms with Crippen LogP contribution >= 0.6 is 23.2 Å². The molecule has 0 saturated carbocycles. The second-order valence-corrected chi connectivity index (χ2v) is 10.4. The van der Waals surface area contributed by atoms with Crippen molar-refractivity contribution in [3.8, 4) is 0 Å². The standard InChI is InChI=1S/C30H19Cl2F6N3O3/c31-23-11-17(12-24(32)27(23)35)29(30(36,37)38)14-26(41-44-29)21-7-8-22(20-4-2-1-3-19(20)21)28(42)39-9-10-40-43-15-16-5-6-18(33)13-25(16)34/h1-8,10-13H,9,14-15H2,(H,39,42). The molecule has 228 valence electrons. The number of alkyl halides is 3. The first kappa shape index (κ1) is 31.1. The van der Waals surface area contributed by atoms with E-state index in [4.69, 9.17) is 32.9 Å². The Hall–Kier alpha value is -4.29. The van der Waals surface area contributed by atoms with Crippen molar-refractivity contribution < 1.29 is 40.8 Å². The zero-order chi connectivity index (χ0) is 31.6. The summed E-state index contributed by atoms with van der Waals surface area (Å²) in [5.41, 5.74) is -2.98. The third-order valence-electron chi connectivity index (χ3n) is 6.85. The van der Waals surface area contributed by atoms with Crippen LogP contribution in [0.1, 0.15) is 33.5 Å².